The second-order valence-corrected chi connectivity index (χ2v) is 6.84. The Hall–Kier alpha value is -2.39. The lowest BCUT2D eigenvalue weighted by Gasteiger charge is -2.23. The minimum Gasteiger partial charge on any atom is -0.441 e. The molecule has 25 heavy (non-hydrogen) atoms. The van der Waals surface area contributed by atoms with Crippen molar-refractivity contribution in [3.05, 3.63) is 77.7 Å². The Morgan fingerprint density at radius 3 is 2.52 bits per heavy atom. The van der Waals surface area contributed by atoms with Crippen LogP contribution in [0.15, 0.2) is 65.1 Å². The zero-order chi connectivity index (χ0) is 17.1. The van der Waals surface area contributed by atoms with Gasteiger partial charge in [0.05, 0.1) is 5.69 Å². The zero-order valence-electron chi connectivity index (χ0n) is 14.7. The number of aryl methyl sites for hydroxylation is 1. The fourth-order valence-electron chi connectivity index (χ4n) is 3.69. The molecule has 3 aromatic rings. The lowest BCUT2D eigenvalue weighted by molar-refractivity contribution is 0.240. The second-order valence-electron chi connectivity index (χ2n) is 6.84. The average molecular weight is 332 g/mol. The normalized spacial score (nSPS) is 17.9. The summed E-state index contributed by atoms with van der Waals surface area (Å²) in [5.41, 5.74) is 3.53. The van der Waals surface area contributed by atoms with Gasteiger partial charge < -0.3 is 4.42 Å². The van der Waals surface area contributed by atoms with E-state index in [2.05, 4.69) is 35.2 Å². The highest BCUT2D eigenvalue weighted by Gasteiger charge is 2.26. The molecule has 3 heteroatoms. The summed E-state index contributed by atoms with van der Waals surface area (Å²) in [5.74, 6) is 1.66. The molecule has 1 aromatic heterocycles. The first-order valence-corrected chi connectivity index (χ1v) is 9.09. The van der Waals surface area contributed by atoms with E-state index in [1.54, 1.807) is 0 Å². The molecule has 1 unspecified atom stereocenters. The first-order chi connectivity index (χ1) is 12.3. The van der Waals surface area contributed by atoms with Gasteiger partial charge in [-0.05, 0) is 50.4 Å². The molecule has 0 bridgehead atoms. The molecule has 0 spiro atoms. The molecule has 1 fully saturated rings. The Morgan fingerprint density at radius 1 is 1.04 bits per heavy atom. The van der Waals surface area contributed by atoms with Crippen molar-refractivity contribution < 1.29 is 4.42 Å². The highest BCUT2D eigenvalue weighted by Crippen LogP contribution is 2.26. The van der Waals surface area contributed by atoms with Crippen LogP contribution in [0.3, 0.4) is 0 Å². The van der Waals surface area contributed by atoms with Crippen LogP contribution < -0.4 is 0 Å². The summed E-state index contributed by atoms with van der Waals surface area (Å²) >= 11 is 0. The van der Waals surface area contributed by atoms with Crippen molar-refractivity contribution >= 4 is 0 Å². The molecule has 1 aliphatic rings. The first kappa shape index (κ1) is 16.1. The summed E-state index contributed by atoms with van der Waals surface area (Å²) in [5, 5.41) is 0. The van der Waals surface area contributed by atoms with Crippen molar-refractivity contribution in [2.24, 2.45) is 0 Å². The molecule has 1 atom stereocenters. The fraction of sp³-hybridized carbons (Fsp3) is 0.318. The summed E-state index contributed by atoms with van der Waals surface area (Å²) in [6.45, 7) is 4.04. The lowest BCUT2D eigenvalue weighted by Crippen LogP contribution is -2.31. The molecular weight excluding hydrogens is 308 g/mol. The zero-order valence-corrected chi connectivity index (χ0v) is 14.7. The summed E-state index contributed by atoms with van der Waals surface area (Å²) < 4.78 is 5.93. The number of likely N-dealkylation sites (tertiary alicyclic amines) is 1. The van der Waals surface area contributed by atoms with Crippen molar-refractivity contribution in [1.29, 1.82) is 0 Å². The molecule has 4 rings (SSSR count). The smallest absolute Gasteiger partial charge is 0.226 e. The maximum Gasteiger partial charge on any atom is 0.226 e. The van der Waals surface area contributed by atoms with Crippen LogP contribution in [0.1, 0.15) is 29.9 Å². The van der Waals surface area contributed by atoms with Gasteiger partial charge in [0.15, 0.2) is 0 Å². The van der Waals surface area contributed by atoms with Crippen LogP contribution >= 0.6 is 0 Å². The van der Waals surface area contributed by atoms with Gasteiger partial charge in [-0.25, -0.2) is 4.98 Å². The number of rotatable bonds is 5. The van der Waals surface area contributed by atoms with Gasteiger partial charge in [0, 0.05) is 18.2 Å². The molecular formula is C22H24N2O. The van der Waals surface area contributed by atoms with Crippen molar-refractivity contribution in [2.45, 2.75) is 38.8 Å². The predicted molar refractivity (Wildman–Crippen MR) is 100 cm³/mol. The topological polar surface area (TPSA) is 29.3 Å². The van der Waals surface area contributed by atoms with Gasteiger partial charge in [-0.15, -0.1) is 0 Å². The molecule has 2 aromatic carbocycles. The van der Waals surface area contributed by atoms with E-state index in [-0.39, 0.29) is 0 Å². The number of hydrogen-bond acceptors (Lipinski definition) is 3. The molecule has 128 valence electrons. The molecule has 0 radical (unpaired) electrons. The Balaban J connectivity index is 1.49. The SMILES string of the molecule is Cc1oc(-c2ccccc2)nc1CN1CCCC1Cc1ccccc1. The number of hydrogen-bond donors (Lipinski definition) is 0. The highest BCUT2D eigenvalue weighted by molar-refractivity contribution is 5.53. The van der Waals surface area contributed by atoms with Crippen LogP contribution in [0.5, 0.6) is 0 Å². The predicted octanol–water partition coefficient (Wildman–Crippen LogP) is 4.86. The van der Waals surface area contributed by atoms with E-state index in [1.807, 2.05) is 37.3 Å². The van der Waals surface area contributed by atoms with Gasteiger partial charge >= 0.3 is 0 Å². The van der Waals surface area contributed by atoms with Crippen LogP contribution in [-0.4, -0.2) is 22.5 Å². The van der Waals surface area contributed by atoms with Gasteiger partial charge in [0.25, 0.3) is 0 Å². The quantitative estimate of drug-likeness (QED) is 0.668. The number of aromatic nitrogens is 1. The van der Waals surface area contributed by atoms with E-state index < -0.39 is 0 Å². The highest BCUT2D eigenvalue weighted by atomic mass is 16.4. The molecule has 3 nitrogen and oxygen atoms in total. The third kappa shape index (κ3) is 3.67. The first-order valence-electron chi connectivity index (χ1n) is 9.09. The summed E-state index contributed by atoms with van der Waals surface area (Å²) in [6, 6.07) is 21.5. The second kappa shape index (κ2) is 7.24. The van der Waals surface area contributed by atoms with Gasteiger partial charge in [-0.2, -0.15) is 0 Å². The Morgan fingerprint density at radius 2 is 1.76 bits per heavy atom. The van der Waals surface area contributed by atoms with Crippen molar-refractivity contribution in [3.63, 3.8) is 0 Å². The molecule has 0 aliphatic carbocycles. The van der Waals surface area contributed by atoms with E-state index in [0.717, 1.165) is 42.4 Å². The molecule has 0 saturated carbocycles. The standard InChI is InChI=1S/C22H24N2O/c1-17-21(23-22(25-17)19-11-6-3-7-12-19)16-24-14-8-13-20(24)15-18-9-4-2-5-10-18/h2-7,9-12,20H,8,13-16H2,1H3. The summed E-state index contributed by atoms with van der Waals surface area (Å²) in [6.07, 6.45) is 3.64. The largest absolute Gasteiger partial charge is 0.441 e. The Labute approximate surface area is 149 Å². The fourth-order valence-corrected chi connectivity index (χ4v) is 3.69. The van der Waals surface area contributed by atoms with Crippen LogP contribution in [0, 0.1) is 6.92 Å². The van der Waals surface area contributed by atoms with Crippen molar-refractivity contribution in [1.82, 2.24) is 9.88 Å². The third-order valence-electron chi connectivity index (χ3n) is 5.08. The molecule has 1 saturated heterocycles. The lowest BCUT2D eigenvalue weighted by atomic mass is 10.0. The maximum absolute atomic E-state index is 5.93. The van der Waals surface area contributed by atoms with Crippen molar-refractivity contribution in [2.75, 3.05) is 6.54 Å². The van der Waals surface area contributed by atoms with Crippen LogP contribution in [-0.2, 0) is 13.0 Å². The van der Waals surface area contributed by atoms with E-state index in [4.69, 9.17) is 9.40 Å². The van der Waals surface area contributed by atoms with E-state index >= 15 is 0 Å². The Bertz CT molecular complexity index is 811. The number of nitrogens with zero attached hydrogens (tertiary/aromatic N) is 2. The van der Waals surface area contributed by atoms with E-state index in [1.165, 1.54) is 18.4 Å². The molecule has 0 N–H and O–H groups in total. The Kier molecular flexibility index (Phi) is 4.66. The van der Waals surface area contributed by atoms with Gasteiger partial charge in [-0.3, -0.25) is 4.90 Å². The monoisotopic (exact) mass is 332 g/mol. The van der Waals surface area contributed by atoms with Crippen LogP contribution in [0.2, 0.25) is 0 Å². The minimum absolute atomic E-state index is 0.596. The summed E-state index contributed by atoms with van der Waals surface area (Å²) in [7, 11) is 0. The minimum atomic E-state index is 0.596. The summed E-state index contributed by atoms with van der Waals surface area (Å²) in [4.78, 5) is 7.34. The third-order valence-corrected chi connectivity index (χ3v) is 5.08. The number of oxazole rings is 1. The van der Waals surface area contributed by atoms with Gasteiger partial charge in [0.2, 0.25) is 5.89 Å². The van der Waals surface area contributed by atoms with Gasteiger partial charge in [-0.1, -0.05) is 48.5 Å². The van der Waals surface area contributed by atoms with Gasteiger partial charge in [0.1, 0.15) is 5.76 Å². The maximum atomic E-state index is 5.93. The van der Waals surface area contributed by atoms with Crippen molar-refractivity contribution in [3.8, 4) is 11.5 Å². The van der Waals surface area contributed by atoms with Crippen LogP contribution in [0.4, 0.5) is 0 Å². The van der Waals surface area contributed by atoms with E-state index in [9.17, 15) is 0 Å². The van der Waals surface area contributed by atoms with E-state index in [0.29, 0.717) is 6.04 Å². The molecule has 2 heterocycles. The molecule has 0 amide bonds. The average Bonchev–Trinajstić information content (AvgIpc) is 3.24. The molecule has 1 aliphatic heterocycles. The number of benzene rings is 2. The van der Waals surface area contributed by atoms with Crippen LogP contribution in [0.25, 0.3) is 11.5 Å².